The Morgan fingerprint density at radius 2 is 2.35 bits per heavy atom. The second kappa shape index (κ2) is 5.28. The van der Waals surface area contributed by atoms with Gasteiger partial charge in [0, 0.05) is 18.3 Å². The van der Waals surface area contributed by atoms with Crippen molar-refractivity contribution in [2.24, 2.45) is 0 Å². The highest BCUT2D eigenvalue weighted by Crippen LogP contribution is 2.13. The molecule has 0 aliphatic rings. The summed E-state index contributed by atoms with van der Waals surface area (Å²) in [4.78, 5) is 4.01. The highest BCUT2D eigenvalue weighted by molar-refractivity contribution is 5.30. The van der Waals surface area contributed by atoms with E-state index in [0.29, 0.717) is 12.2 Å². The summed E-state index contributed by atoms with van der Waals surface area (Å²) >= 11 is 0. The van der Waals surface area contributed by atoms with Crippen LogP contribution in [0.4, 0.5) is 0 Å². The Bertz CT molecular complexity index is 514. The summed E-state index contributed by atoms with van der Waals surface area (Å²) in [6.07, 6.45) is 3.27. The van der Waals surface area contributed by atoms with Crippen LogP contribution in [0.5, 0.6) is 0 Å². The summed E-state index contributed by atoms with van der Waals surface area (Å²) in [5.74, 6) is 0.882. The van der Waals surface area contributed by atoms with E-state index in [1.165, 1.54) is 0 Å². The van der Waals surface area contributed by atoms with Gasteiger partial charge in [0.1, 0.15) is 17.5 Å². The summed E-state index contributed by atoms with van der Waals surface area (Å²) in [7, 11) is 0. The summed E-state index contributed by atoms with van der Waals surface area (Å²) in [6.45, 7) is 2.61. The molecule has 2 aromatic rings. The summed E-state index contributed by atoms with van der Waals surface area (Å²) in [5, 5.41) is 12.2. The zero-order chi connectivity index (χ0) is 12.1. The minimum absolute atomic E-state index is 0.108. The van der Waals surface area contributed by atoms with Gasteiger partial charge < -0.3 is 9.73 Å². The van der Waals surface area contributed by atoms with Gasteiger partial charge in [-0.25, -0.2) is 4.98 Å². The summed E-state index contributed by atoms with van der Waals surface area (Å²) < 4.78 is 5.30. The maximum Gasteiger partial charge on any atom is 0.144 e. The molecule has 0 radical (unpaired) electrons. The molecular weight excluding hydrogens is 214 g/mol. The van der Waals surface area contributed by atoms with Crippen molar-refractivity contribution in [1.29, 1.82) is 5.26 Å². The second-order valence-electron chi connectivity index (χ2n) is 3.74. The standard InChI is InChI=1S/C13H13N3O/c1-10(13-5-3-7-17-13)16-9-11-4-2-6-15-12(11)8-14/h2-7,10,16H,9H2,1H3/t10-/m0/s1. The normalized spacial score (nSPS) is 12.0. The molecule has 4 nitrogen and oxygen atoms in total. The zero-order valence-corrected chi connectivity index (χ0v) is 9.55. The van der Waals surface area contributed by atoms with Crippen LogP contribution in [0.15, 0.2) is 41.1 Å². The van der Waals surface area contributed by atoms with E-state index in [0.717, 1.165) is 11.3 Å². The molecule has 0 aliphatic carbocycles. The van der Waals surface area contributed by atoms with Crippen molar-refractivity contribution in [1.82, 2.24) is 10.3 Å². The predicted molar refractivity (Wildman–Crippen MR) is 62.9 cm³/mol. The number of nitrogens with one attached hydrogen (secondary N) is 1. The number of nitrogens with zero attached hydrogens (tertiary/aromatic N) is 2. The van der Waals surface area contributed by atoms with Crippen LogP contribution >= 0.6 is 0 Å². The van der Waals surface area contributed by atoms with Crippen LogP contribution in [0.2, 0.25) is 0 Å². The molecule has 17 heavy (non-hydrogen) atoms. The highest BCUT2D eigenvalue weighted by Gasteiger charge is 2.08. The second-order valence-corrected chi connectivity index (χ2v) is 3.74. The molecule has 0 saturated heterocycles. The molecule has 0 spiro atoms. The van der Waals surface area contributed by atoms with Crippen molar-refractivity contribution >= 4 is 0 Å². The van der Waals surface area contributed by atoms with Gasteiger partial charge in [-0.15, -0.1) is 0 Å². The first-order valence-corrected chi connectivity index (χ1v) is 5.42. The predicted octanol–water partition coefficient (Wildman–Crippen LogP) is 2.40. The fourth-order valence-electron chi connectivity index (χ4n) is 1.58. The van der Waals surface area contributed by atoms with E-state index < -0.39 is 0 Å². The lowest BCUT2D eigenvalue weighted by molar-refractivity contribution is 0.430. The van der Waals surface area contributed by atoms with Gasteiger partial charge in [0.05, 0.1) is 12.3 Å². The van der Waals surface area contributed by atoms with Crippen molar-refractivity contribution in [3.05, 3.63) is 53.7 Å². The molecule has 0 amide bonds. The molecule has 0 unspecified atom stereocenters. The fourth-order valence-corrected chi connectivity index (χ4v) is 1.58. The first-order chi connectivity index (χ1) is 8.31. The van der Waals surface area contributed by atoms with Crippen LogP contribution in [-0.2, 0) is 6.54 Å². The lowest BCUT2D eigenvalue weighted by Gasteiger charge is -2.11. The molecule has 2 rings (SSSR count). The van der Waals surface area contributed by atoms with Crippen LogP contribution in [-0.4, -0.2) is 4.98 Å². The van der Waals surface area contributed by atoms with E-state index in [-0.39, 0.29) is 6.04 Å². The Hall–Kier alpha value is -2.12. The molecule has 1 N–H and O–H groups in total. The van der Waals surface area contributed by atoms with E-state index in [2.05, 4.69) is 16.4 Å². The van der Waals surface area contributed by atoms with E-state index in [9.17, 15) is 0 Å². The van der Waals surface area contributed by atoms with E-state index >= 15 is 0 Å². The van der Waals surface area contributed by atoms with E-state index in [1.807, 2.05) is 31.2 Å². The van der Waals surface area contributed by atoms with Gasteiger partial charge in [0.25, 0.3) is 0 Å². The van der Waals surface area contributed by atoms with Crippen LogP contribution < -0.4 is 5.32 Å². The number of aromatic nitrogens is 1. The molecular formula is C13H13N3O. The van der Waals surface area contributed by atoms with Crippen molar-refractivity contribution in [3.63, 3.8) is 0 Å². The number of hydrogen-bond acceptors (Lipinski definition) is 4. The minimum atomic E-state index is 0.108. The van der Waals surface area contributed by atoms with E-state index in [1.54, 1.807) is 12.5 Å². The van der Waals surface area contributed by atoms with Gasteiger partial charge in [0.2, 0.25) is 0 Å². The van der Waals surface area contributed by atoms with Gasteiger partial charge in [-0.2, -0.15) is 5.26 Å². The third-order valence-electron chi connectivity index (χ3n) is 2.57. The summed E-state index contributed by atoms with van der Waals surface area (Å²) in [5.41, 5.74) is 1.36. The highest BCUT2D eigenvalue weighted by atomic mass is 16.3. The lowest BCUT2D eigenvalue weighted by Crippen LogP contribution is -2.18. The molecule has 0 saturated carbocycles. The topological polar surface area (TPSA) is 61.9 Å². The Labute approximate surface area is 99.9 Å². The Morgan fingerprint density at radius 1 is 1.47 bits per heavy atom. The van der Waals surface area contributed by atoms with Crippen molar-refractivity contribution < 1.29 is 4.42 Å². The number of pyridine rings is 1. The van der Waals surface area contributed by atoms with Gasteiger partial charge in [0.15, 0.2) is 0 Å². The molecule has 2 heterocycles. The van der Waals surface area contributed by atoms with Gasteiger partial charge in [-0.05, 0) is 25.1 Å². The largest absolute Gasteiger partial charge is 0.468 e. The van der Waals surface area contributed by atoms with Gasteiger partial charge in [-0.3, -0.25) is 0 Å². The quantitative estimate of drug-likeness (QED) is 0.871. The molecule has 2 aromatic heterocycles. The van der Waals surface area contributed by atoms with Crippen LogP contribution in [0, 0.1) is 11.3 Å². The Morgan fingerprint density at radius 3 is 3.06 bits per heavy atom. The lowest BCUT2D eigenvalue weighted by atomic mass is 10.2. The van der Waals surface area contributed by atoms with Crippen LogP contribution in [0.1, 0.15) is 30.0 Å². The SMILES string of the molecule is C[C@H](NCc1cccnc1C#N)c1ccco1. The number of nitriles is 1. The molecule has 0 fully saturated rings. The first kappa shape index (κ1) is 11.4. The summed E-state index contributed by atoms with van der Waals surface area (Å²) in [6, 6.07) is 9.69. The smallest absolute Gasteiger partial charge is 0.144 e. The molecule has 0 aromatic carbocycles. The average Bonchev–Trinajstić information content (AvgIpc) is 2.90. The molecule has 0 bridgehead atoms. The number of furan rings is 1. The van der Waals surface area contributed by atoms with Gasteiger partial charge in [-0.1, -0.05) is 6.07 Å². The van der Waals surface area contributed by atoms with Crippen LogP contribution in [0.25, 0.3) is 0 Å². The Kier molecular flexibility index (Phi) is 3.53. The molecule has 4 heteroatoms. The minimum Gasteiger partial charge on any atom is -0.468 e. The maximum atomic E-state index is 8.91. The fraction of sp³-hybridized carbons (Fsp3) is 0.231. The van der Waals surface area contributed by atoms with Crippen molar-refractivity contribution in [2.75, 3.05) is 0 Å². The third-order valence-corrected chi connectivity index (χ3v) is 2.57. The van der Waals surface area contributed by atoms with E-state index in [4.69, 9.17) is 9.68 Å². The zero-order valence-electron chi connectivity index (χ0n) is 9.55. The molecule has 1 atom stereocenters. The molecule has 86 valence electrons. The average molecular weight is 227 g/mol. The number of rotatable bonds is 4. The van der Waals surface area contributed by atoms with Crippen LogP contribution in [0.3, 0.4) is 0 Å². The first-order valence-electron chi connectivity index (χ1n) is 5.42. The number of hydrogen-bond donors (Lipinski definition) is 1. The monoisotopic (exact) mass is 227 g/mol. The van der Waals surface area contributed by atoms with Gasteiger partial charge >= 0.3 is 0 Å². The Balaban J connectivity index is 2.01. The molecule has 0 aliphatic heterocycles. The maximum absolute atomic E-state index is 8.91. The van der Waals surface area contributed by atoms with Crippen molar-refractivity contribution in [3.8, 4) is 6.07 Å². The van der Waals surface area contributed by atoms with Crippen molar-refractivity contribution in [2.45, 2.75) is 19.5 Å². The third kappa shape index (κ3) is 2.71.